The summed E-state index contributed by atoms with van der Waals surface area (Å²) in [6.45, 7) is 20.3. The monoisotopic (exact) mass is 705 g/mol. The topological polar surface area (TPSA) is 64.6 Å². The summed E-state index contributed by atoms with van der Waals surface area (Å²) < 4.78 is 44.9. The number of hydrogen-bond donors (Lipinski definition) is 0. The van der Waals surface area contributed by atoms with E-state index >= 15 is 0 Å². The minimum Gasteiger partial charge on any atom is -0.547 e. The van der Waals surface area contributed by atoms with E-state index in [1.165, 1.54) is 19.3 Å². The first-order chi connectivity index (χ1) is 23.6. The van der Waals surface area contributed by atoms with Crippen LogP contribution >= 0.6 is 0 Å². The van der Waals surface area contributed by atoms with Crippen molar-refractivity contribution in [1.82, 2.24) is 0 Å². The summed E-state index contributed by atoms with van der Waals surface area (Å²) in [4.78, 5) is 0. The summed E-state index contributed by atoms with van der Waals surface area (Å²) in [7, 11) is -1.87. The first-order valence-corrected chi connectivity index (χ1v) is 23.0. The van der Waals surface area contributed by atoms with E-state index in [-0.39, 0.29) is 54.1 Å². The molecule has 49 heavy (non-hydrogen) atoms. The summed E-state index contributed by atoms with van der Waals surface area (Å²) in [5.41, 5.74) is 0. The molecule has 0 N–H and O–H groups in total. The fourth-order valence-corrected chi connectivity index (χ4v) is 8.37. The molecule has 282 valence electrons. The van der Waals surface area contributed by atoms with Crippen LogP contribution in [0.15, 0.2) is 36.6 Å². The van der Waals surface area contributed by atoms with Gasteiger partial charge in [-0.1, -0.05) is 77.8 Å². The van der Waals surface area contributed by atoms with Crippen LogP contribution in [0.1, 0.15) is 137 Å². The molecule has 3 saturated heterocycles. The Morgan fingerprint density at radius 3 is 2.02 bits per heavy atom. The SMILES string of the molecule is C=C(CCC=CC[C@@H]1[C@@H](C=C[C@H](CCCCC)OC2CCCCO2)[C@H](OC2CCCCO2)C[C@@H]1OC1CCCCO1)O[Si](C)(C)C(C)(C)C. The van der Waals surface area contributed by atoms with Crippen molar-refractivity contribution in [3.05, 3.63) is 36.6 Å². The summed E-state index contributed by atoms with van der Waals surface area (Å²) in [5.74, 6) is 1.36. The van der Waals surface area contributed by atoms with Crippen molar-refractivity contribution in [2.45, 2.75) is 192 Å². The van der Waals surface area contributed by atoms with Crippen LogP contribution in [-0.2, 0) is 32.8 Å². The Labute approximate surface area is 301 Å². The number of allylic oxidation sites excluding steroid dienone is 3. The van der Waals surface area contributed by atoms with Crippen molar-refractivity contribution in [1.29, 1.82) is 0 Å². The van der Waals surface area contributed by atoms with Gasteiger partial charge < -0.3 is 32.8 Å². The maximum Gasteiger partial charge on any atom is 0.250 e. The third-order valence-electron chi connectivity index (χ3n) is 11.3. The first-order valence-electron chi connectivity index (χ1n) is 20.1. The lowest BCUT2D eigenvalue weighted by atomic mass is 9.89. The van der Waals surface area contributed by atoms with E-state index in [0.717, 1.165) is 115 Å². The van der Waals surface area contributed by atoms with Gasteiger partial charge in [-0.3, -0.25) is 0 Å². The maximum atomic E-state index is 6.82. The Kier molecular flexibility index (Phi) is 17.4. The first kappa shape index (κ1) is 40.8. The highest BCUT2D eigenvalue weighted by atomic mass is 28.4. The van der Waals surface area contributed by atoms with Gasteiger partial charge in [0.2, 0.25) is 8.32 Å². The molecule has 3 heterocycles. The van der Waals surface area contributed by atoms with Gasteiger partial charge in [0, 0.05) is 38.6 Å². The molecule has 3 aliphatic heterocycles. The lowest BCUT2D eigenvalue weighted by Gasteiger charge is -2.37. The van der Waals surface area contributed by atoms with Crippen molar-refractivity contribution >= 4 is 8.32 Å². The highest BCUT2D eigenvalue weighted by Gasteiger charge is 2.45. The van der Waals surface area contributed by atoms with Gasteiger partial charge in [0.1, 0.15) is 0 Å². The van der Waals surface area contributed by atoms with Crippen molar-refractivity contribution in [3.63, 3.8) is 0 Å². The van der Waals surface area contributed by atoms with Gasteiger partial charge in [0.15, 0.2) is 18.9 Å². The molecule has 1 aliphatic carbocycles. The molecule has 0 aromatic heterocycles. The molecule has 4 rings (SSSR count). The highest BCUT2D eigenvalue weighted by molar-refractivity contribution is 6.74. The smallest absolute Gasteiger partial charge is 0.250 e. The summed E-state index contributed by atoms with van der Waals surface area (Å²) in [5, 5.41) is 0.165. The number of ether oxygens (including phenoxy) is 6. The van der Waals surface area contributed by atoms with Gasteiger partial charge >= 0.3 is 0 Å². The van der Waals surface area contributed by atoms with Crippen molar-refractivity contribution < 1.29 is 32.8 Å². The third-order valence-corrected chi connectivity index (χ3v) is 15.7. The summed E-state index contributed by atoms with van der Waals surface area (Å²) in [6.07, 6.45) is 26.9. The fraction of sp³-hybridized carbons (Fsp3) is 0.854. The Balaban J connectivity index is 1.49. The normalized spacial score (nSPS) is 31.0. The minimum absolute atomic E-state index is 0.0197. The van der Waals surface area contributed by atoms with Gasteiger partial charge in [-0.25, -0.2) is 0 Å². The number of rotatable bonds is 19. The van der Waals surface area contributed by atoms with E-state index in [2.05, 4.69) is 71.7 Å². The Morgan fingerprint density at radius 1 is 0.837 bits per heavy atom. The van der Waals surface area contributed by atoms with E-state index in [9.17, 15) is 0 Å². The van der Waals surface area contributed by atoms with Crippen LogP contribution in [-0.4, -0.2) is 65.3 Å². The van der Waals surface area contributed by atoms with Crippen LogP contribution in [0.3, 0.4) is 0 Å². The van der Waals surface area contributed by atoms with Crippen LogP contribution in [0.2, 0.25) is 18.1 Å². The molecule has 0 bridgehead atoms. The molecule has 1 saturated carbocycles. The average molecular weight is 705 g/mol. The number of hydrogen-bond acceptors (Lipinski definition) is 7. The molecule has 8 heteroatoms. The third kappa shape index (κ3) is 13.8. The molecule has 4 fully saturated rings. The molecule has 0 aromatic carbocycles. The second-order valence-electron chi connectivity index (χ2n) is 16.4. The lowest BCUT2D eigenvalue weighted by Crippen LogP contribution is -2.40. The van der Waals surface area contributed by atoms with E-state index in [1.54, 1.807) is 0 Å². The van der Waals surface area contributed by atoms with Crippen molar-refractivity contribution in [3.8, 4) is 0 Å². The van der Waals surface area contributed by atoms with Crippen LogP contribution in [0.25, 0.3) is 0 Å². The largest absolute Gasteiger partial charge is 0.547 e. The van der Waals surface area contributed by atoms with E-state index in [0.29, 0.717) is 0 Å². The summed E-state index contributed by atoms with van der Waals surface area (Å²) in [6, 6.07) is 0. The van der Waals surface area contributed by atoms with Gasteiger partial charge in [-0.15, -0.1) is 0 Å². The van der Waals surface area contributed by atoms with E-state index in [1.807, 2.05) is 0 Å². The van der Waals surface area contributed by atoms with Crippen molar-refractivity contribution in [2.24, 2.45) is 11.8 Å². The Bertz CT molecular complexity index is 988. The standard InChI is InChI=1S/C41H72O7Si/c1-8-9-11-21-33(45-38-23-14-17-28-42-38)26-27-35-34(22-13-10-12-20-32(2)48-49(6,7)41(3,4)5)36(46-39-24-15-18-29-43-39)31-37(35)47-40-25-16-19-30-44-40/h10,13,26-27,33-40H,2,8-9,11-12,14-25,28-31H2,1,3-7H3/t33-,34+,35+,36-,37+,38?,39?,40?/m0/s1. The molecule has 0 aromatic rings. The highest BCUT2D eigenvalue weighted by Crippen LogP contribution is 2.43. The lowest BCUT2D eigenvalue weighted by molar-refractivity contribution is -0.203. The van der Waals surface area contributed by atoms with Gasteiger partial charge in [0.25, 0.3) is 0 Å². The van der Waals surface area contributed by atoms with Crippen molar-refractivity contribution in [2.75, 3.05) is 19.8 Å². The molecule has 0 spiro atoms. The predicted octanol–water partition coefficient (Wildman–Crippen LogP) is 10.8. The summed E-state index contributed by atoms with van der Waals surface area (Å²) >= 11 is 0. The molecule has 0 radical (unpaired) electrons. The molecule has 0 amide bonds. The fourth-order valence-electron chi connectivity index (χ4n) is 7.24. The van der Waals surface area contributed by atoms with Crippen LogP contribution in [0, 0.1) is 11.8 Å². The van der Waals surface area contributed by atoms with E-state index in [4.69, 9.17) is 32.8 Å². The average Bonchev–Trinajstić information content (AvgIpc) is 3.38. The second-order valence-corrected chi connectivity index (χ2v) is 21.1. The van der Waals surface area contributed by atoms with E-state index < -0.39 is 8.32 Å². The Morgan fingerprint density at radius 2 is 1.45 bits per heavy atom. The zero-order valence-corrected chi connectivity index (χ0v) is 33.1. The second kappa shape index (κ2) is 20.9. The van der Waals surface area contributed by atoms with Crippen LogP contribution < -0.4 is 0 Å². The Hall–Kier alpha value is -1.00. The molecule has 7 nitrogen and oxygen atoms in total. The maximum absolute atomic E-state index is 6.82. The molecular weight excluding hydrogens is 633 g/mol. The molecular formula is C41H72O7Si. The molecule has 8 atom stereocenters. The van der Waals surface area contributed by atoms with Gasteiger partial charge in [-0.05, 0) is 101 Å². The quantitative estimate of drug-likeness (QED) is 0.0574. The van der Waals surface area contributed by atoms with Crippen LogP contribution in [0.4, 0.5) is 0 Å². The molecule has 4 aliphatic rings. The zero-order chi connectivity index (χ0) is 35.1. The number of unbranched alkanes of at least 4 members (excludes halogenated alkanes) is 2. The van der Waals surface area contributed by atoms with Gasteiger partial charge in [-0.2, -0.15) is 0 Å². The van der Waals surface area contributed by atoms with Crippen LogP contribution in [0.5, 0.6) is 0 Å². The minimum atomic E-state index is -1.87. The molecule has 3 unspecified atom stereocenters. The zero-order valence-electron chi connectivity index (χ0n) is 32.1. The predicted molar refractivity (Wildman–Crippen MR) is 201 cm³/mol. The van der Waals surface area contributed by atoms with Gasteiger partial charge in [0.05, 0.1) is 24.1 Å².